The fourth-order valence-corrected chi connectivity index (χ4v) is 1.53. The second-order valence-electron chi connectivity index (χ2n) is 3.35. The monoisotopic (exact) mass is 233 g/mol. The van der Waals surface area contributed by atoms with Crippen LogP contribution in [0.15, 0.2) is 12.1 Å². The first kappa shape index (κ1) is 11.8. The van der Waals surface area contributed by atoms with Crippen LogP contribution in [0.5, 0.6) is 0 Å². The van der Waals surface area contributed by atoms with E-state index in [9.17, 15) is 4.39 Å². The van der Waals surface area contributed by atoms with Gasteiger partial charge in [0.1, 0.15) is 5.82 Å². The van der Waals surface area contributed by atoms with Crippen LogP contribution >= 0.6 is 24.2 Å². The summed E-state index contributed by atoms with van der Waals surface area (Å²) in [4.78, 5) is 1.94. The summed E-state index contributed by atoms with van der Waals surface area (Å²) in [6.07, 6.45) is 0. The number of hydrogen-bond acceptors (Lipinski definition) is 2. The Labute approximate surface area is 94.3 Å². The number of rotatable bonds is 3. The number of halogens is 2. The minimum absolute atomic E-state index is 0.211. The van der Waals surface area contributed by atoms with Gasteiger partial charge in [-0.2, -0.15) is 12.6 Å². The van der Waals surface area contributed by atoms with Crippen LogP contribution in [0.25, 0.3) is 0 Å². The lowest BCUT2D eigenvalue weighted by molar-refractivity contribution is 0.386. The van der Waals surface area contributed by atoms with Gasteiger partial charge in [-0.05, 0) is 37.2 Å². The number of nitrogens with zero attached hydrogens (tertiary/aromatic N) is 1. The first-order chi connectivity index (χ1) is 6.54. The van der Waals surface area contributed by atoms with E-state index in [0.29, 0.717) is 23.0 Å². The molecule has 0 unspecified atom stereocenters. The van der Waals surface area contributed by atoms with E-state index in [0.717, 1.165) is 5.56 Å². The highest BCUT2D eigenvalue weighted by Gasteiger charge is 2.07. The number of benzene rings is 1. The van der Waals surface area contributed by atoms with Gasteiger partial charge in [-0.25, -0.2) is 4.39 Å². The second-order valence-corrected chi connectivity index (χ2v) is 4.04. The molecule has 1 aromatic carbocycles. The van der Waals surface area contributed by atoms with Crippen LogP contribution in [0, 0.1) is 12.7 Å². The standard InChI is InChI=1S/C10H13ClFNS/c1-7-3-9(11)8(4-10(7)12)5-13(2)6-14/h3-4,14H,5-6H2,1-2H3. The Balaban J connectivity index is 2.92. The molecule has 78 valence electrons. The summed E-state index contributed by atoms with van der Waals surface area (Å²) < 4.78 is 13.2. The topological polar surface area (TPSA) is 3.24 Å². The Bertz CT molecular complexity index is 330. The Hall–Kier alpha value is -0.250. The molecule has 0 radical (unpaired) electrons. The van der Waals surface area contributed by atoms with Gasteiger partial charge in [-0.3, -0.25) is 4.90 Å². The second kappa shape index (κ2) is 5.01. The molecule has 4 heteroatoms. The van der Waals surface area contributed by atoms with E-state index in [-0.39, 0.29) is 5.82 Å². The maximum absolute atomic E-state index is 13.2. The first-order valence-electron chi connectivity index (χ1n) is 4.28. The van der Waals surface area contributed by atoms with Crippen molar-refractivity contribution in [1.29, 1.82) is 0 Å². The predicted octanol–water partition coefficient (Wildman–Crippen LogP) is 3.11. The third kappa shape index (κ3) is 2.87. The Morgan fingerprint density at radius 2 is 2.14 bits per heavy atom. The van der Waals surface area contributed by atoms with Crippen molar-refractivity contribution in [3.8, 4) is 0 Å². The van der Waals surface area contributed by atoms with Crippen molar-refractivity contribution in [2.75, 3.05) is 12.9 Å². The smallest absolute Gasteiger partial charge is 0.126 e. The van der Waals surface area contributed by atoms with Gasteiger partial charge in [0.25, 0.3) is 0 Å². The Morgan fingerprint density at radius 1 is 1.50 bits per heavy atom. The molecule has 0 atom stereocenters. The van der Waals surface area contributed by atoms with Crippen molar-refractivity contribution in [2.24, 2.45) is 0 Å². The van der Waals surface area contributed by atoms with Gasteiger partial charge in [-0.15, -0.1) is 0 Å². The lowest BCUT2D eigenvalue weighted by atomic mass is 10.1. The molecule has 0 amide bonds. The maximum atomic E-state index is 13.2. The summed E-state index contributed by atoms with van der Waals surface area (Å²) >= 11 is 10.1. The summed E-state index contributed by atoms with van der Waals surface area (Å²) in [6.45, 7) is 2.31. The molecule has 0 bridgehead atoms. The van der Waals surface area contributed by atoms with Crippen molar-refractivity contribution in [3.05, 3.63) is 34.1 Å². The Morgan fingerprint density at radius 3 is 2.71 bits per heavy atom. The summed E-state index contributed by atoms with van der Waals surface area (Å²) in [5, 5.41) is 0.609. The summed E-state index contributed by atoms with van der Waals surface area (Å²) in [6, 6.07) is 3.14. The van der Waals surface area contributed by atoms with Gasteiger partial charge in [0.05, 0.1) is 0 Å². The molecule has 0 aliphatic rings. The summed E-state index contributed by atoms with van der Waals surface area (Å²) in [7, 11) is 1.90. The van der Waals surface area contributed by atoms with E-state index in [1.807, 2.05) is 11.9 Å². The van der Waals surface area contributed by atoms with Gasteiger partial charge >= 0.3 is 0 Å². The molecular formula is C10H13ClFNS. The molecule has 0 saturated carbocycles. The lowest BCUT2D eigenvalue weighted by Crippen LogP contribution is -2.15. The fraction of sp³-hybridized carbons (Fsp3) is 0.400. The van der Waals surface area contributed by atoms with Crippen molar-refractivity contribution in [1.82, 2.24) is 4.90 Å². The van der Waals surface area contributed by atoms with E-state index in [4.69, 9.17) is 11.6 Å². The van der Waals surface area contributed by atoms with Crippen LogP contribution in [-0.4, -0.2) is 17.8 Å². The predicted molar refractivity (Wildman–Crippen MR) is 61.5 cm³/mol. The quantitative estimate of drug-likeness (QED) is 0.620. The molecule has 1 aromatic rings. The molecule has 0 aromatic heterocycles. The van der Waals surface area contributed by atoms with Crippen molar-refractivity contribution < 1.29 is 4.39 Å². The van der Waals surface area contributed by atoms with Crippen LogP contribution in [0.4, 0.5) is 4.39 Å². The van der Waals surface area contributed by atoms with Gasteiger partial charge in [0.15, 0.2) is 0 Å². The molecule has 14 heavy (non-hydrogen) atoms. The van der Waals surface area contributed by atoms with Gasteiger partial charge in [-0.1, -0.05) is 11.6 Å². The SMILES string of the molecule is Cc1cc(Cl)c(CN(C)CS)cc1F. The van der Waals surface area contributed by atoms with Crippen LogP contribution in [0.3, 0.4) is 0 Å². The van der Waals surface area contributed by atoms with Crippen molar-refractivity contribution >= 4 is 24.2 Å². The van der Waals surface area contributed by atoms with Gasteiger partial charge in [0.2, 0.25) is 0 Å². The Kier molecular flexibility index (Phi) is 4.23. The largest absolute Gasteiger partial charge is 0.293 e. The minimum Gasteiger partial charge on any atom is -0.293 e. The highest BCUT2D eigenvalue weighted by molar-refractivity contribution is 7.80. The van der Waals surface area contributed by atoms with E-state index in [1.165, 1.54) is 6.07 Å². The van der Waals surface area contributed by atoms with Crippen LogP contribution in [-0.2, 0) is 6.54 Å². The third-order valence-corrected chi connectivity index (χ3v) is 2.84. The van der Waals surface area contributed by atoms with Crippen LogP contribution in [0.2, 0.25) is 5.02 Å². The molecule has 0 spiro atoms. The molecule has 0 fully saturated rings. The molecule has 1 nitrogen and oxygen atoms in total. The highest BCUT2D eigenvalue weighted by atomic mass is 35.5. The van der Waals surface area contributed by atoms with E-state index < -0.39 is 0 Å². The lowest BCUT2D eigenvalue weighted by Gasteiger charge is -2.14. The summed E-state index contributed by atoms with van der Waals surface area (Å²) in [5.41, 5.74) is 1.37. The summed E-state index contributed by atoms with van der Waals surface area (Å²) in [5.74, 6) is 0.406. The average Bonchev–Trinajstić information content (AvgIpc) is 2.14. The van der Waals surface area contributed by atoms with Crippen molar-refractivity contribution in [3.63, 3.8) is 0 Å². The average molecular weight is 234 g/mol. The molecule has 1 rings (SSSR count). The minimum atomic E-state index is -0.211. The molecule has 0 aliphatic carbocycles. The molecule has 0 heterocycles. The first-order valence-corrected chi connectivity index (χ1v) is 5.29. The molecule has 0 saturated heterocycles. The van der Waals surface area contributed by atoms with Gasteiger partial charge in [0, 0.05) is 17.4 Å². The fourth-order valence-electron chi connectivity index (χ4n) is 1.15. The number of thiol groups is 1. The maximum Gasteiger partial charge on any atom is 0.126 e. The van der Waals surface area contributed by atoms with Crippen molar-refractivity contribution in [2.45, 2.75) is 13.5 Å². The number of aryl methyl sites for hydroxylation is 1. The molecule has 0 N–H and O–H groups in total. The normalized spacial score (nSPS) is 11.0. The van der Waals surface area contributed by atoms with E-state index >= 15 is 0 Å². The van der Waals surface area contributed by atoms with Gasteiger partial charge < -0.3 is 0 Å². The van der Waals surface area contributed by atoms with Crippen LogP contribution < -0.4 is 0 Å². The molecular weight excluding hydrogens is 221 g/mol. The van der Waals surface area contributed by atoms with E-state index in [1.54, 1.807) is 13.0 Å². The van der Waals surface area contributed by atoms with E-state index in [2.05, 4.69) is 12.6 Å². The van der Waals surface area contributed by atoms with Crippen LogP contribution in [0.1, 0.15) is 11.1 Å². The zero-order valence-electron chi connectivity index (χ0n) is 8.22. The number of hydrogen-bond donors (Lipinski definition) is 1. The zero-order valence-corrected chi connectivity index (χ0v) is 9.87. The zero-order chi connectivity index (χ0) is 10.7. The highest BCUT2D eigenvalue weighted by Crippen LogP contribution is 2.21. The third-order valence-electron chi connectivity index (χ3n) is 2.01. The molecule has 0 aliphatic heterocycles.